The standard InChI is InChI=1S/C22H31N7O2/c1-3-18-22(31-17-8-9-24-14-17)27-21(19(26-18)20(23)30)25-15-4-6-16(7-5-15)29-12-10-28(2)11-13-29/h4-7,17,24H,3,8-14H2,1-2H3,(H2,23,30)(H,25,27)/t17-/m1/s1. The summed E-state index contributed by atoms with van der Waals surface area (Å²) in [6.07, 6.45) is 1.57. The number of rotatable bonds is 7. The lowest BCUT2D eigenvalue weighted by atomic mass is 10.2. The van der Waals surface area contributed by atoms with Crippen molar-refractivity contribution in [3.05, 3.63) is 35.7 Å². The molecule has 0 spiro atoms. The van der Waals surface area contributed by atoms with E-state index in [1.165, 1.54) is 5.69 Å². The maximum atomic E-state index is 12.0. The lowest BCUT2D eigenvalue weighted by Gasteiger charge is -2.34. The molecule has 4 rings (SSSR count). The number of nitrogens with two attached hydrogens (primary N) is 1. The van der Waals surface area contributed by atoms with E-state index in [0.29, 0.717) is 23.8 Å². The smallest absolute Gasteiger partial charge is 0.271 e. The quantitative estimate of drug-likeness (QED) is 0.610. The number of amides is 1. The molecule has 2 aliphatic heterocycles. The second kappa shape index (κ2) is 9.49. The zero-order valence-corrected chi connectivity index (χ0v) is 18.2. The lowest BCUT2D eigenvalue weighted by Crippen LogP contribution is -2.44. The van der Waals surface area contributed by atoms with E-state index in [9.17, 15) is 4.79 Å². The molecule has 1 amide bonds. The van der Waals surface area contributed by atoms with Crippen LogP contribution in [0.15, 0.2) is 24.3 Å². The number of anilines is 3. The molecule has 3 heterocycles. The van der Waals surface area contributed by atoms with E-state index < -0.39 is 5.91 Å². The summed E-state index contributed by atoms with van der Waals surface area (Å²) < 4.78 is 6.08. The number of benzene rings is 1. The molecule has 166 valence electrons. The predicted octanol–water partition coefficient (Wildman–Crippen LogP) is 1.37. The number of ether oxygens (including phenoxy) is 1. The fraction of sp³-hybridized carbons (Fsp3) is 0.500. The summed E-state index contributed by atoms with van der Waals surface area (Å²) in [5.74, 6) is 0.156. The maximum absolute atomic E-state index is 12.0. The van der Waals surface area contributed by atoms with Gasteiger partial charge in [0.05, 0.1) is 0 Å². The normalized spacial score (nSPS) is 19.4. The van der Waals surface area contributed by atoms with Gasteiger partial charge in [0.1, 0.15) is 11.8 Å². The molecule has 9 nitrogen and oxygen atoms in total. The molecule has 0 unspecified atom stereocenters. The summed E-state index contributed by atoms with van der Waals surface area (Å²) >= 11 is 0. The van der Waals surface area contributed by atoms with E-state index in [4.69, 9.17) is 10.5 Å². The Balaban J connectivity index is 1.55. The summed E-state index contributed by atoms with van der Waals surface area (Å²) in [5.41, 5.74) is 8.35. The summed E-state index contributed by atoms with van der Waals surface area (Å²) in [4.78, 5) is 25.8. The Labute approximate surface area is 183 Å². The van der Waals surface area contributed by atoms with Crippen molar-refractivity contribution >= 4 is 23.1 Å². The van der Waals surface area contributed by atoms with E-state index >= 15 is 0 Å². The molecule has 0 saturated carbocycles. The molecule has 2 saturated heterocycles. The average Bonchev–Trinajstić information content (AvgIpc) is 3.28. The van der Waals surface area contributed by atoms with Gasteiger partial charge in [0.25, 0.3) is 5.91 Å². The maximum Gasteiger partial charge on any atom is 0.271 e. The second-order valence-corrected chi connectivity index (χ2v) is 8.09. The van der Waals surface area contributed by atoms with Crippen molar-refractivity contribution in [3.63, 3.8) is 0 Å². The number of carbonyl (C=O) groups excluding carboxylic acids is 1. The number of hydrogen-bond acceptors (Lipinski definition) is 8. The molecule has 4 N–H and O–H groups in total. The van der Waals surface area contributed by atoms with E-state index in [2.05, 4.69) is 49.6 Å². The van der Waals surface area contributed by atoms with Gasteiger partial charge in [0.15, 0.2) is 11.5 Å². The van der Waals surface area contributed by atoms with Gasteiger partial charge in [-0.2, -0.15) is 4.98 Å². The number of aromatic nitrogens is 2. The molecule has 9 heteroatoms. The van der Waals surface area contributed by atoms with Crippen LogP contribution in [-0.4, -0.2) is 73.2 Å². The molecule has 0 bridgehead atoms. The van der Waals surface area contributed by atoms with E-state index in [-0.39, 0.29) is 11.8 Å². The van der Waals surface area contributed by atoms with Crippen molar-refractivity contribution in [2.24, 2.45) is 5.73 Å². The number of carbonyl (C=O) groups is 1. The van der Waals surface area contributed by atoms with Gasteiger partial charge < -0.3 is 30.9 Å². The van der Waals surface area contributed by atoms with Crippen molar-refractivity contribution in [1.29, 1.82) is 0 Å². The number of hydrogen-bond donors (Lipinski definition) is 3. The van der Waals surface area contributed by atoms with Crippen LogP contribution in [0.1, 0.15) is 29.5 Å². The second-order valence-electron chi connectivity index (χ2n) is 8.09. The van der Waals surface area contributed by atoms with Crippen LogP contribution in [-0.2, 0) is 6.42 Å². The van der Waals surface area contributed by atoms with Crippen LogP contribution < -0.4 is 26.0 Å². The molecular weight excluding hydrogens is 394 g/mol. The Bertz CT molecular complexity index is 905. The summed E-state index contributed by atoms with van der Waals surface area (Å²) in [5, 5.41) is 6.49. The summed E-state index contributed by atoms with van der Waals surface area (Å²) in [7, 11) is 2.15. The Morgan fingerprint density at radius 1 is 1.23 bits per heavy atom. The zero-order valence-electron chi connectivity index (χ0n) is 18.2. The largest absolute Gasteiger partial charge is 0.472 e. The minimum absolute atomic E-state index is 0.0507. The van der Waals surface area contributed by atoms with Gasteiger partial charge in [0, 0.05) is 44.1 Å². The SMILES string of the molecule is CCc1nc(C(N)=O)c(Nc2ccc(N3CCN(C)CC3)cc2)nc1O[C@@H]1CCNC1. The third-order valence-corrected chi connectivity index (χ3v) is 5.79. The van der Waals surface area contributed by atoms with Crippen LogP contribution in [0.5, 0.6) is 5.88 Å². The lowest BCUT2D eigenvalue weighted by molar-refractivity contribution is 0.0995. The number of primary amides is 1. The topological polar surface area (TPSA) is 109 Å². The van der Waals surface area contributed by atoms with Crippen molar-refractivity contribution in [2.45, 2.75) is 25.9 Å². The van der Waals surface area contributed by atoms with Gasteiger partial charge in [-0.15, -0.1) is 0 Å². The Hall–Kier alpha value is -2.91. The number of likely N-dealkylation sites (N-methyl/N-ethyl adjacent to an activating group) is 1. The molecule has 2 fully saturated rings. The highest BCUT2D eigenvalue weighted by Gasteiger charge is 2.22. The predicted molar refractivity (Wildman–Crippen MR) is 121 cm³/mol. The molecule has 1 atom stereocenters. The van der Waals surface area contributed by atoms with Crippen LogP contribution >= 0.6 is 0 Å². The van der Waals surface area contributed by atoms with Gasteiger partial charge in [-0.3, -0.25) is 4.79 Å². The van der Waals surface area contributed by atoms with Crippen molar-refractivity contribution < 1.29 is 9.53 Å². The fourth-order valence-electron chi connectivity index (χ4n) is 3.88. The van der Waals surface area contributed by atoms with Crippen LogP contribution in [0.25, 0.3) is 0 Å². The number of piperazine rings is 1. The highest BCUT2D eigenvalue weighted by molar-refractivity contribution is 5.96. The Morgan fingerprint density at radius 2 is 1.97 bits per heavy atom. The first-order valence-corrected chi connectivity index (χ1v) is 10.9. The Morgan fingerprint density at radius 3 is 2.58 bits per heavy atom. The first kappa shape index (κ1) is 21.3. The molecule has 1 aromatic heterocycles. The first-order valence-electron chi connectivity index (χ1n) is 10.9. The molecule has 31 heavy (non-hydrogen) atoms. The van der Waals surface area contributed by atoms with Crippen molar-refractivity contribution in [2.75, 3.05) is 56.5 Å². The van der Waals surface area contributed by atoms with Gasteiger partial charge in [-0.25, -0.2) is 4.98 Å². The molecule has 2 aliphatic rings. The van der Waals surface area contributed by atoms with Crippen molar-refractivity contribution in [1.82, 2.24) is 20.2 Å². The number of aryl methyl sites for hydroxylation is 1. The van der Waals surface area contributed by atoms with Gasteiger partial charge in [-0.1, -0.05) is 6.92 Å². The van der Waals surface area contributed by atoms with Gasteiger partial charge in [0.2, 0.25) is 5.88 Å². The molecule has 1 aromatic carbocycles. The summed E-state index contributed by atoms with van der Waals surface area (Å²) in [6, 6.07) is 8.12. The number of nitrogens with one attached hydrogen (secondary N) is 2. The fourth-order valence-corrected chi connectivity index (χ4v) is 3.88. The highest BCUT2D eigenvalue weighted by atomic mass is 16.5. The van der Waals surface area contributed by atoms with E-state index in [1.54, 1.807) is 0 Å². The highest BCUT2D eigenvalue weighted by Crippen LogP contribution is 2.26. The van der Waals surface area contributed by atoms with E-state index in [1.807, 2.05) is 19.1 Å². The monoisotopic (exact) mass is 425 g/mol. The molecule has 2 aromatic rings. The zero-order chi connectivity index (χ0) is 21.8. The molecule has 0 aliphatic carbocycles. The third kappa shape index (κ3) is 5.05. The third-order valence-electron chi connectivity index (χ3n) is 5.79. The van der Waals surface area contributed by atoms with Crippen LogP contribution in [0.4, 0.5) is 17.2 Å². The van der Waals surface area contributed by atoms with Crippen LogP contribution in [0.3, 0.4) is 0 Å². The first-order chi connectivity index (χ1) is 15.0. The van der Waals surface area contributed by atoms with Crippen LogP contribution in [0, 0.1) is 0 Å². The van der Waals surface area contributed by atoms with Gasteiger partial charge in [-0.05, 0) is 50.7 Å². The Kier molecular flexibility index (Phi) is 6.53. The van der Waals surface area contributed by atoms with Gasteiger partial charge >= 0.3 is 0 Å². The average molecular weight is 426 g/mol. The minimum atomic E-state index is -0.618. The van der Waals surface area contributed by atoms with Crippen molar-refractivity contribution in [3.8, 4) is 5.88 Å². The number of nitrogens with zero attached hydrogens (tertiary/aromatic N) is 4. The minimum Gasteiger partial charge on any atom is -0.472 e. The van der Waals surface area contributed by atoms with E-state index in [0.717, 1.165) is 51.4 Å². The molecule has 0 radical (unpaired) electrons. The molecular formula is C22H31N7O2. The summed E-state index contributed by atoms with van der Waals surface area (Å²) in [6.45, 7) is 7.79. The van der Waals surface area contributed by atoms with Crippen LogP contribution in [0.2, 0.25) is 0 Å².